The van der Waals surface area contributed by atoms with Crippen LogP contribution in [0.4, 0.5) is 0 Å². The maximum atomic E-state index is 13.0. The van der Waals surface area contributed by atoms with E-state index >= 15 is 0 Å². The van der Waals surface area contributed by atoms with Crippen molar-refractivity contribution in [1.29, 1.82) is 0 Å². The summed E-state index contributed by atoms with van der Waals surface area (Å²) in [6.45, 7) is 3.11. The molecule has 2 aromatic rings. The Hall–Kier alpha value is -2.12. The van der Waals surface area contributed by atoms with Crippen molar-refractivity contribution in [2.75, 3.05) is 27.2 Å². The molecule has 0 aromatic heterocycles. The number of nitrogens with zero attached hydrogens (tertiary/aromatic N) is 1. The van der Waals surface area contributed by atoms with Crippen LogP contribution in [0, 0.1) is 0 Å². The maximum absolute atomic E-state index is 13.0. The molecule has 6 nitrogen and oxygen atoms in total. The number of piperidine rings is 1. The van der Waals surface area contributed by atoms with Crippen LogP contribution in [0.3, 0.4) is 0 Å². The van der Waals surface area contributed by atoms with E-state index in [0.29, 0.717) is 15.8 Å². The lowest BCUT2D eigenvalue weighted by atomic mass is 9.55. The van der Waals surface area contributed by atoms with Gasteiger partial charge in [0, 0.05) is 32.0 Å². The molecular formula is C27H32Cl2N2O4. The predicted octanol–water partition coefficient (Wildman–Crippen LogP) is 4.79. The van der Waals surface area contributed by atoms with Gasteiger partial charge in [-0.25, -0.2) is 0 Å². The molecule has 0 spiro atoms. The van der Waals surface area contributed by atoms with E-state index in [0.717, 1.165) is 49.9 Å². The van der Waals surface area contributed by atoms with Crippen molar-refractivity contribution < 1.29 is 19.1 Å². The van der Waals surface area contributed by atoms with Gasteiger partial charge in [0.05, 0.1) is 22.1 Å². The number of carbonyl (C=O) groups is 2. The van der Waals surface area contributed by atoms with Gasteiger partial charge in [0.2, 0.25) is 5.91 Å². The Labute approximate surface area is 216 Å². The highest BCUT2D eigenvalue weighted by molar-refractivity contribution is 6.42. The van der Waals surface area contributed by atoms with E-state index in [1.807, 2.05) is 18.2 Å². The third kappa shape index (κ3) is 5.36. The number of carbonyl (C=O) groups excluding carboxylic acids is 2. The molecule has 1 N–H and O–H groups in total. The molecule has 2 aromatic carbocycles. The minimum atomic E-state index is -0.403. The first kappa shape index (κ1) is 26.0. The molecule has 2 aliphatic rings. The van der Waals surface area contributed by atoms with Crippen molar-refractivity contribution in [3.05, 3.63) is 63.6 Å². The van der Waals surface area contributed by atoms with E-state index in [1.165, 1.54) is 6.92 Å². The lowest BCUT2D eigenvalue weighted by Crippen LogP contribution is -2.67. The Kier molecular flexibility index (Phi) is 7.77. The second-order valence-corrected chi connectivity index (χ2v) is 10.6. The largest absolute Gasteiger partial charge is 0.427 e. The van der Waals surface area contributed by atoms with Crippen molar-refractivity contribution in [3.63, 3.8) is 0 Å². The number of benzene rings is 2. The number of rotatable bonds is 6. The van der Waals surface area contributed by atoms with Crippen molar-refractivity contribution in [2.24, 2.45) is 0 Å². The average molecular weight is 519 g/mol. The molecule has 8 heteroatoms. The molecule has 2 fully saturated rings. The van der Waals surface area contributed by atoms with E-state index in [4.69, 9.17) is 32.7 Å². The van der Waals surface area contributed by atoms with E-state index in [2.05, 4.69) is 23.3 Å². The smallest absolute Gasteiger partial charge is 0.308 e. The Bertz CT molecular complexity index is 1110. The van der Waals surface area contributed by atoms with Gasteiger partial charge in [0.1, 0.15) is 5.75 Å². The summed E-state index contributed by atoms with van der Waals surface area (Å²) in [6.07, 6.45) is 3.48. The summed E-state index contributed by atoms with van der Waals surface area (Å²) >= 11 is 12.1. The van der Waals surface area contributed by atoms with Crippen LogP contribution in [0.25, 0.3) is 0 Å². The van der Waals surface area contributed by atoms with Crippen LogP contribution < -0.4 is 10.1 Å². The zero-order chi connectivity index (χ0) is 25.2. The average Bonchev–Trinajstić information content (AvgIpc) is 2.81. The fourth-order valence-electron chi connectivity index (χ4n) is 5.96. The van der Waals surface area contributed by atoms with Gasteiger partial charge < -0.3 is 19.7 Å². The minimum Gasteiger partial charge on any atom is -0.427 e. The van der Waals surface area contributed by atoms with E-state index in [1.54, 1.807) is 25.3 Å². The SMILES string of the molecule is COC12CCC(NC(=O)Cc3ccc(Cl)c(Cl)c3)CC1(c1cccc(OC(C)=O)c1)CCN(C)C2. The molecule has 1 saturated carbocycles. The Morgan fingerprint density at radius 3 is 2.66 bits per heavy atom. The van der Waals surface area contributed by atoms with Gasteiger partial charge in [-0.15, -0.1) is 0 Å². The fraction of sp³-hybridized carbons (Fsp3) is 0.481. The second-order valence-electron chi connectivity index (χ2n) is 9.82. The molecule has 1 saturated heterocycles. The molecule has 4 rings (SSSR count). The molecule has 3 atom stereocenters. The van der Waals surface area contributed by atoms with Gasteiger partial charge in [-0.05, 0) is 74.7 Å². The van der Waals surface area contributed by atoms with Gasteiger partial charge in [-0.3, -0.25) is 9.59 Å². The van der Waals surface area contributed by atoms with Crippen LogP contribution in [0.15, 0.2) is 42.5 Å². The Balaban J connectivity index is 1.60. The monoisotopic (exact) mass is 518 g/mol. The normalized spacial score (nSPS) is 26.6. The van der Waals surface area contributed by atoms with Crippen molar-refractivity contribution >= 4 is 35.1 Å². The van der Waals surface area contributed by atoms with Gasteiger partial charge in [-0.1, -0.05) is 41.4 Å². The number of methoxy groups -OCH3 is 1. The van der Waals surface area contributed by atoms with Crippen LogP contribution in [0.2, 0.25) is 10.0 Å². The Morgan fingerprint density at radius 2 is 1.94 bits per heavy atom. The molecule has 1 aliphatic carbocycles. The molecule has 35 heavy (non-hydrogen) atoms. The quantitative estimate of drug-likeness (QED) is 0.439. The summed E-state index contributed by atoms with van der Waals surface area (Å²) in [5.41, 5.74) is 1.17. The van der Waals surface area contributed by atoms with Gasteiger partial charge in [0.15, 0.2) is 0 Å². The molecule has 1 amide bonds. The molecule has 0 bridgehead atoms. The number of esters is 1. The maximum Gasteiger partial charge on any atom is 0.308 e. The third-order valence-corrected chi connectivity index (χ3v) is 8.30. The molecule has 3 unspecified atom stereocenters. The van der Waals surface area contributed by atoms with E-state index < -0.39 is 5.60 Å². The highest BCUT2D eigenvalue weighted by Crippen LogP contribution is 2.53. The number of likely N-dealkylation sites (N-methyl/N-ethyl adjacent to an activating group) is 1. The summed E-state index contributed by atoms with van der Waals surface area (Å²) < 4.78 is 11.7. The van der Waals surface area contributed by atoms with Crippen LogP contribution in [0.1, 0.15) is 43.7 Å². The lowest BCUT2D eigenvalue weighted by Gasteiger charge is -2.59. The molecule has 1 aliphatic heterocycles. The molecular weight excluding hydrogens is 487 g/mol. The zero-order valence-electron chi connectivity index (χ0n) is 20.4. The number of amides is 1. The number of fused-ring (bicyclic) bond motifs is 1. The molecule has 1 heterocycles. The Morgan fingerprint density at radius 1 is 1.14 bits per heavy atom. The summed E-state index contributed by atoms with van der Waals surface area (Å²) in [6, 6.07) is 13.0. The van der Waals surface area contributed by atoms with Crippen LogP contribution in [-0.4, -0.2) is 55.7 Å². The predicted molar refractivity (Wildman–Crippen MR) is 137 cm³/mol. The van der Waals surface area contributed by atoms with Gasteiger partial charge in [-0.2, -0.15) is 0 Å². The first-order chi connectivity index (χ1) is 16.7. The number of likely N-dealkylation sites (tertiary alicyclic amines) is 1. The topological polar surface area (TPSA) is 67.9 Å². The molecule has 188 valence electrons. The van der Waals surface area contributed by atoms with Gasteiger partial charge >= 0.3 is 5.97 Å². The number of hydrogen-bond donors (Lipinski definition) is 1. The van der Waals surface area contributed by atoms with Crippen molar-refractivity contribution in [3.8, 4) is 5.75 Å². The molecule has 0 radical (unpaired) electrons. The highest BCUT2D eigenvalue weighted by Gasteiger charge is 2.58. The van der Waals surface area contributed by atoms with Crippen LogP contribution >= 0.6 is 23.2 Å². The van der Waals surface area contributed by atoms with Crippen molar-refractivity contribution in [1.82, 2.24) is 10.2 Å². The first-order valence-electron chi connectivity index (χ1n) is 11.9. The third-order valence-electron chi connectivity index (χ3n) is 7.56. The second kappa shape index (κ2) is 10.5. The summed E-state index contributed by atoms with van der Waals surface area (Å²) in [5.74, 6) is 0.131. The zero-order valence-corrected chi connectivity index (χ0v) is 21.9. The highest BCUT2D eigenvalue weighted by atomic mass is 35.5. The number of nitrogens with one attached hydrogen (secondary N) is 1. The van der Waals surface area contributed by atoms with E-state index in [-0.39, 0.29) is 29.8 Å². The lowest BCUT2D eigenvalue weighted by molar-refractivity contribution is -0.147. The van der Waals surface area contributed by atoms with Gasteiger partial charge in [0.25, 0.3) is 0 Å². The van der Waals surface area contributed by atoms with Crippen LogP contribution in [0.5, 0.6) is 5.75 Å². The minimum absolute atomic E-state index is 0.00525. The van der Waals surface area contributed by atoms with Crippen molar-refractivity contribution in [2.45, 2.75) is 56.1 Å². The number of halogens is 2. The van der Waals surface area contributed by atoms with Crippen LogP contribution in [-0.2, 0) is 26.2 Å². The van der Waals surface area contributed by atoms with E-state index in [9.17, 15) is 9.59 Å². The summed E-state index contributed by atoms with van der Waals surface area (Å²) in [7, 11) is 3.90. The summed E-state index contributed by atoms with van der Waals surface area (Å²) in [5, 5.41) is 4.17. The number of hydrogen-bond acceptors (Lipinski definition) is 5. The summed E-state index contributed by atoms with van der Waals surface area (Å²) in [4.78, 5) is 26.9. The fourth-order valence-corrected chi connectivity index (χ4v) is 6.28. The number of ether oxygens (including phenoxy) is 2. The first-order valence-corrected chi connectivity index (χ1v) is 12.7. The standard InChI is InChI=1S/C27H32Cl2N2O4/c1-18(32)35-22-6-4-5-20(15-22)26-11-12-31(2)17-27(26,34-3)10-9-21(16-26)30-25(33)14-19-7-8-23(28)24(29)13-19/h4-8,13,15,21H,9-12,14,16-17H2,1-3H3,(H,30,33).